The summed E-state index contributed by atoms with van der Waals surface area (Å²) < 4.78 is 1.51. The van der Waals surface area contributed by atoms with Gasteiger partial charge in [-0.05, 0) is 38.2 Å². The van der Waals surface area contributed by atoms with E-state index in [2.05, 4.69) is 42.5 Å². The Labute approximate surface area is 124 Å². The Morgan fingerprint density at radius 3 is 2.52 bits per heavy atom. The van der Waals surface area contributed by atoms with Crippen LogP contribution in [0.15, 0.2) is 35.3 Å². The van der Waals surface area contributed by atoms with Gasteiger partial charge in [-0.3, -0.25) is 4.79 Å². The molecule has 3 rings (SSSR count). The number of hydrogen-bond acceptors (Lipinski definition) is 3. The largest absolute Gasteiger partial charge is 0.383 e. The summed E-state index contributed by atoms with van der Waals surface area (Å²) in [6, 6.07) is 7.96. The highest BCUT2D eigenvalue weighted by atomic mass is 16.1. The highest BCUT2D eigenvalue weighted by Gasteiger charge is 2.20. The van der Waals surface area contributed by atoms with Crippen LogP contribution in [0.5, 0.6) is 0 Å². The number of nitrogens with one attached hydrogen (secondary N) is 1. The molecule has 4 heteroatoms. The van der Waals surface area contributed by atoms with Crippen LogP contribution in [-0.4, -0.2) is 16.3 Å². The van der Waals surface area contributed by atoms with Crippen LogP contribution in [-0.2, 0) is 6.54 Å². The van der Waals surface area contributed by atoms with Crippen molar-refractivity contribution in [2.75, 3.05) is 11.9 Å². The monoisotopic (exact) mass is 283 g/mol. The number of benzene rings is 1. The molecule has 1 heterocycles. The van der Waals surface area contributed by atoms with Crippen LogP contribution >= 0.6 is 0 Å². The molecule has 0 spiro atoms. The van der Waals surface area contributed by atoms with Gasteiger partial charge in [0.25, 0.3) is 5.56 Å². The quantitative estimate of drug-likeness (QED) is 0.918. The highest BCUT2D eigenvalue weighted by molar-refractivity contribution is 5.39. The first-order valence-corrected chi connectivity index (χ1v) is 7.48. The first-order valence-electron chi connectivity index (χ1n) is 7.48. The lowest BCUT2D eigenvalue weighted by Crippen LogP contribution is -2.23. The van der Waals surface area contributed by atoms with Crippen molar-refractivity contribution in [3.63, 3.8) is 0 Å². The van der Waals surface area contributed by atoms with Gasteiger partial charge in [0.1, 0.15) is 0 Å². The Morgan fingerprint density at radius 2 is 1.90 bits per heavy atom. The van der Waals surface area contributed by atoms with Crippen molar-refractivity contribution in [3.8, 4) is 0 Å². The van der Waals surface area contributed by atoms with Gasteiger partial charge in [-0.15, -0.1) is 0 Å². The van der Waals surface area contributed by atoms with Crippen LogP contribution in [0, 0.1) is 19.8 Å². The molecule has 2 aromatic rings. The molecule has 0 aliphatic heterocycles. The molecule has 110 valence electrons. The average Bonchev–Trinajstić information content (AvgIpc) is 3.22. The van der Waals surface area contributed by atoms with E-state index in [1.54, 1.807) is 12.3 Å². The fraction of sp³-hybridized carbons (Fsp3) is 0.412. The van der Waals surface area contributed by atoms with Gasteiger partial charge in [-0.25, -0.2) is 4.68 Å². The van der Waals surface area contributed by atoms with Crippen LogP contribution in [0.4, 0.5) is 5.69 Å². The second-order valence-electron chi connectivity index (χ2n) is 6.06. The van der Waals surface area contributed by atoms with E-state index in [1.165, 1.54) is 28.7 Å². The average molecular weight is 283 g/mol. The lowest BCUT2D eigenvalue weighted by molar-refractivity contribution is 0.638. The van der Waals surface area contributed by atoms with Crippen LogP contribution < -0.4 is 10.9 Å². The van der Waals surface area contributed by atoms with Crippen molar-refractivity contribution >= 4 is 5.69 Å². The molecule has 0 bridgehead atoms. The van der Waals surface area contributed by atoms with Gasteiger partial charge in [-0.1, -0.05) is 29.3 Å². The van der Waals surface area contributed by atoms with Crippen LogP contribution in [0.3, 0.4) is 0 Å². The molecule has 1 aliphatic rings. The lowest BCUT2D eigenvalue weighted by atomic mass is 10.1. The zero-order chi connectivity index (χ0) is 14.8. The molecule has 1 N–H and O–H groups in total. The van der Waals surface area contributed by atoms with E-state index in [9.17, 15) is 4.79 Å². The number of aromatic nitrogens is 2. The topological polar surface area (TPSA) is 46.9 Å². The Kier molecular flexibility index (Phi) is 3.78. The minimum Gasteiger partial charge on any atom is -0.383 e. The molecule has 1 aromatic heterocycles. The maximum absolute atomic E-state index is 12.1. The smallest absolute Gasteiger partial charge is 0.269 e. The van der Waals surface area contributed by atoms with Gasteiger partial charge < -0.3 is 5.32 Å². The Hall–Kier alpha value is -2.10. The number of hydrogen-bond donors (Lipinski definition) is 1. The minimum absolute atomic E-state index is 0.0602. The number of aryl methyl sites for hydroxylation is 2. The lowest BCUT2D eigenvalue weighted by Gasteiger charge is -2.09. The summed E-state index contributed by atoms with van der Waals surface area (Å²) in [6.07, 6.45) is 4.33. The second-order valence-corrected chi connectivity index (χ2v) is 6.06. The predicted octanol–water partition coefficient (Wildman–Crippen LogP) is 2.73. The van der Waals surface area contributed by atoms with E-state index in [1.807, 2.05) is 0 Å². The van der Waals surface area contributed by atoms with E-state index < -0.39 is 0 Å². The van der Waals surface area contributed by atoms with Crippen molar-refractivity contribution < 1.29 is 0 Å². The maximum atomic E-state index is 12.1. The van der Waals surface area contributed by atoms with Crippen molar-refractivity contribution in [1.29, 1.82) is 0 Å². The maximum Gasteiger partial charge on any atom is 0.269 e. The molecule has 0 unspecified atom stereocenters. The molecule has 1 aromatic carbocycles. The van der Waals surface area contributed by atoms with Crippen LogP contribution in [0.25, 0.3) is 0 Å². The normalized spacial score (nSPS) is 14.2. The van der Waals surface area contributed by atoms with Crippen LogP contribution in [0.2, 0.25) is 0 Å². The van der Waals surface area contributed by atoms with E-state index >= 15 is 0 Å². The van der Waals surface area contributed by atoms with Gasteiger partial charge in [0.15, 0.2) is 0 Å². The molecule has 1 aliphatic carbocycles. The standard InChI is InChI=1S/C17H21N3O/c1-12-5-13(2)7-15(6-12)11-20-17(21)8-16(10-19-20)18-9-14-3-4-14/h5-8,10,14,18H,3-4,9,11H2,1-2H3. The van der Waals surface area contributed by atoms with Gasteiger partial charge in [-0.2, -0.15) is 5.10 Å². The third-order valence-corrected chi connectivity index (χ3v) is 3.78. The predicted molar refractivity (Wildman–Crippen MR) is 84.7 cm³/mol. The Bertz CT molecular complexity index is 681. The highest BCUT2D eigenvalue weighted by Crippen LogP contribution is 2.28. The molecule has 0 atom stereocenters. The third-order valence-electron chi connectivity index (χ3n) is 3.78. The van der Waals surface area contributed by atoms with E-state index in [4.69, 9.17) is 0 Å². The molecule has 0 saturated heterocycles. The van der Waals surface area contributed by atoms with Crippen molar-refractivity contribution in [3.05, 3.63) is 57.5 Å². The summed E-state index contributed by atoms with van der Waals surface area (Å²) in [5, 5.41) is 7.55. The van der Waals surface area contributed by atoms with Crippen molar-refractivity contribution in [1.82, 2.24) is 9.78 Å². The van der Waals surface area contributed by atoms with Crippen molar-refractivity contribution in [2.24, 2.45) is 5.92 Å². The third kappa shape index (κ3) is 3.72. The Balaban J connectivity index is 1.74. The van der Waals surface area contributed by atoms with E-state index in [0.29, 0.717) is 6.54 Å². The van der Waals surface area contributed by atoms with Gasteiger partial charge in [0.2, 0.25) is 0 Å². The zero-order valence-electron chi connectivity index (χ0n) is 12.6. The number of anilines is 1. The molecule has 4 nitrogen and oxygen atoms in total. The summed E-state index contributed by atoms with van der Waals surface area (Å²) in [7, 11) is 0. The molecule has 0 radical (unpaired) electrons. The summed E-state index contributed by atoms with van der Waals surface area (Å²) >= 11 is 0. The fourth-order valence-corrected chi connectivity index (χ4v) is 2.57. The SMILES string of the molecule is Cc1cc(C)cc(Cn2ncc(NCC3CC3)cc2=O)c1. The van der Waals surface area contributed by atoms with E-state index in [-0.39, 0.29) is 5.56 Å². The summed E-state index contributed by atoms with van der Waals surface area (Å²) in [6.45, 7) is 5.60. The Morgan fingerprint density at radius 1 is 1.19 bits per heavy atom. The van der Waals surface area contributed by atoms with Crippen LogP contribution in [0.1, 0.15) is 29.5 Å². The summed E-state index contributed by atoms with van der Waals surface area (Å²) in [5.74, 6) is 0.780. The molecule has 0 amide bonds. The molecular formula is C17H21N3O. The van der Waals surface area contributed by atoms with E-state index in [0.717, 1.165) is 23.7 Å². The van der Waals surface area contributed by atoms with Gasteiger partial charge in [0.05, 0.1) is 18.4 Å². The fourth-order valence-electron chi connectivity index (χ4n) is 2.57. The molecule has 21 heavy (non-hydrogen) atoms. The summed E-state index contributed by atoms with van der Waals surface area (Å²) in [5.41, 5.74) is 4.29. The molecule has 1 fully saturated rings. The first kappa shape index (κ1) is 13.9. The number of rotatable bonds is 5. The van der Waals surface area contributed by atoms with Gasteiger partial charge in [0, 0.05) is 12.6 Å². The second kappa shape index (κ2) is 5.72. The zero-order valence-corrected chi connectivity index (χ0v) is 12.6. The first-order chi connectivity index (χ1) is 10.1. The van der Waals surface area contributed by atoms with Crippen molar-refractivity contribution in [2.45, 2.75) is 33.2 Å². The summed E-state index contributed by atoms with van der Waals surface area (Å²) in [4.78, 5) is 12.1. The minimum atomic E-state index is -0.0602. The molecular weight excluding hydrogens is 262 g/mol. The van der Waals surface area contributed by atoms with Gasteiger partial charge >= 0.3 is 0 Å². The molecule has 1 saturated carbocycles. The number of nitrogens with zero attached hydrogens (tertiary/aromatic N) is 2.